The summed E-state index contributed by atoms with van der Waals surface area (Å²) in [7, 11) is 0. The monoisotopic (exact) mass is 332 g/mol. The Bertz CT molecular complexity index is 408. The molecule has 1 aromatic rings. The Kier molecular flexibility index (Phi) is 8.26. The first-order valence-corrected chi connectivity index (χ1v) is 8.24. The zero-order valence-corrected chi connectivity index (χ0v) is 14.1. The van der Waals surface area contributed by atoms with E-state index in [9.17, 15) is 4.79 Å². The molecule has 120 valence electrons. The molecule has 2 heterocycles. The number of ether oxygens (including phenoxy) is 1. The van der Waals surface area contributed by atoms with Crippen LogP contribution in [-0.2, 0) is 16.0 Å². The Hall–Kier alpha value is -0.620. The van der Waals surface area contributed by atoms with Crippen molar-refractivity contribution >= 4 is 29.7 Å². The predicted molar refractivity (Wildman–Crippen MR) is 89.0 cm³/mol. The van der Waals surface area contributed by atoms with Crippen LogP contribution in [0, 0.1) is 5.92 Å². The smallest absolute Gasteiger partial charge is 0.239 e. The van der Waals surface area contributed by atoms with E-state index >= 15 is 0 Å². The summed E-state index contributed by atoms with van der Waals surface area (Å²) in [6.45, 7) is 4.96. The van der Waals surface area contributed by atoms with Gasteiger partial charge in [0.25, 0.3) is 0 Å². The van der Waals surface area contributed by atoms with E-state index in [0.29, 0.717) is 0 Å². The van der Waals surface area contributed by atoms with Crippen LogP contribution in [0.5, 0.6) is 0 Å². The maximum Gasteiger partial charge on any atom is 0.239 e. The second-order valence-corrected chi connectivity index (χ2v) is 6.26. The van der Waals surface area contributed by atoms with Crippen LogP contribution >= 0.6 is 23.7 Å². The molecule has 0 spiro atoms. The molecule has 6 heteroatoms. The summed E-state index contributed by atoms with van der Waals surface area (Å²) in [4.78, 5) is 15.7. The molecule has 1 amide bonds. The minimum absolute atomic E-state index is 0. The van der Waals surface area contributed by atoms with Crippen LogP contribution in [0.2, 0.25) is 0 Å². The van der Waals surface area contributed by atoms with E-state index in [0.717, 1.165) is 45.6 Å². The van der Waals surface area contributed by atoms with Crippen molar-refractivity contribution in [2.45, 2.75) is 32.2 Å². The lowest BCUT2D eigenvalue weighted by Crippen LogP contribution is -2.49. The van der Waals surface area contributed by atoms with E-state index in [-0.39, 0.29) is 30.3 Å². The predicted octanol–water partition coefficient (Wildman–Crippen LogP) is 2.31. The fourth-order valence-corrected chi connectivity index (χ4v) is 3.31. The van der Waals surface area contributed by atoms with Crippen LogP contribution in [0.25, 0.3) is 0 Å². The Morgan fingerprint density at radius 3 is 2.81 bits per heavy atom. The van der Waals surface area contributed by atoms with Gasteiger partial charge in [-0.3, -0.25) is 4.79 Å². The van der Waals surface area contributed by atoms with Crippen molar-refractivity contribution in [2.24, 2.45) is 11.7 Å². The summed E-state index contributed by atoms with van der Waals surface area (Å²) < 4.78 is 5.33. The van der Waals surface area contributed by atoms with Crippen molar-refractivity contribution in [3.63, 3.8) is 0 Å². The minimum atomic E-state index is -0.373. The maximum atomic E-state index is 12.5. The van der Waals surface area contributed by atoms with E-state index in [1.807, 2.05) is 17.9 Å². The van der Waals surface area contributed by atoms with Gasteiger partial charge in [0.1, 0.15) is 0 Å². The third kappa shape index (κ3) is 5.25. The number of nitrogens with zero attached hydrogens (tertiary/aromatic N) is 1. The van der Waals surface area contributed by atoms with Crippen LogP contribution in [0.15, 0.2) is 17.5 Å². The molecule has 0 aliphatic carbocycles. The van der Waals surface area contributed by atoms with E-state index in [1.165, 1.54) is 4.88 Å². The van der Waals surface area contributed by atoms with E-state index in [4.69, 9.17) is 10.5 Å². The van der Waals surface area contributed by atoms with Gasteiger partial charge in [-0.05, 0) is 43.6 Å². The molecule has 1 fully saturated rings. The van der Waals surface area contributed by atoms with Gasteiger partial charge in [-0.25, -0.2) is 0 Å². The topological polar surface area (TPSA) is 55.6 Å². The van der Waals surface area contributed by atoms with E-state index < -0.39 is 0 Å². The number of halogens is 1. The molecule has 1 aliphatic heterocycles. The average molecular weight is 333 g/mol. The van der Waals surface area contributed by atoms with Crippen LogP contribution < -0.4 is 5.73 Å². The van der Waals surface area contributed by atoms with Crippen molar-refractivity contribution < 1.29 is 9.53 Å². The second-order valence-electron chi connectivity index (χ2n) is 5.22. The third-order valence-corrected chi connectivity index (χ3v) is 4.90. The van der Waals surface area contributed by atoms with Gasteiger partial charge >= 0.3 is 0 Å². The Morgan fingerprint density at radius 2 is 2.24 bits per heavy atom. The van der Waals surface area contributed by atoms with Gasteiger partial charge in [0, 0.05) is 31.2 Å². The van der Waals surface area contributed by atoms with Crippen molar-refractivity contribution in [1.82, 2.24) is 4.90 Å². The number of rotatable bonds is 6. The zero-order chi connectivity index (χ0) is 14.4. The summed E-state index contributed by atoms with van der Waals surface area (Å²) in [5.41, 5.74) is 6.17. The third-order valence-electron chi connectivity index (χ3n) is 3.96. The summed E-state index contributed by atoms with van der Waals surface area (Å²) in [6.07, 6.45) is 2.71. The van der Waals surface area contributed by atoms with Gasteiger partial charge in [-0.1, -0.05) is 6.07 Å². The highest BCUT2D eigenvalue weighted by Gasteiger charge is 2.29. The Balaban J connectivity index is 0.00000220. The first-order chi connectivity index (χ1) is 9.72. The normalized spacial score (nSPS) is 17.0. The Morgan fingerprint density at radius 1 is 1.52 bits per heavy atom. The maximum absolute atomic E-state index is 12.5. The number of hydrogen-bond donors (Lipinski definition) is 1. The quantitative estimate of drug-likeness (QED) is 0.869. The van der Waals surface area contributed by atoms with Crippen LogP contribution in [0.1, 0.15) is 24.6 Å². The fraction of sp³-hybridized carbons (Fsp3) is 0.667. The van der Waals surface area contributed by atoms with Crippen LogP contribution in [0.4, 0.5) is 0 Å². The van der Waals surface area contributed by atoms with E-state index in [1.54, 1.807) is 11.3 Å². The summed E-state index contributed by atoms with van der Waals surface area (Å²) in [5.74, 6) is 0.364. The molecule has 4 nitrogen and oxygen atoms in total. The number of carbonyl (C=O) groups excluding carboxylic acids is 1. The highest BCUT2D eigenvalue weighted by atomic mass is 35.5. The molecule has 1 unspecified atom stereocenters. The zero-order valence-electron chi connectivity index (χ0n) is 12.5. The number of likely N-dealkylation sites (N-methyl/N-ethyl adjacent to an activating group) is 1. The summed E-state index contributed by atoms with van der Waals surface area (Å²) in [6, 6.07) is 3.79. The molecule has 21 heavy (non-hydrogen) atoms. The standard InChI is InChI=1S/C15H24N2O2S.ClH/c1-2-17(8-5-13-4-3-11-20-13)15(18)14(16)12-6-9-19-10-7-12;/h3-4,11-12,14H,2,5-10,16H2,1H3;1H. The van der Waals surface area contributed by atoms with Crippen LogP contribution in [0.3, 0.4) is 0 Å². The highest BCUT2D eigenvalue weighted by molar-refractivity contribution is 7.09. The minimum Gasteiger partial charge on any atom is -0.381 e. The van der Waals surface area contributed by atoms with Gasteiger partial charge in [-0.2, -0.15) is 0 Å². The molecular formula is C15H25ClN2O2S. The molecule has 2 rings (SSSR count). The largest absolute Gasteiger partial charge is 0.381 e. The summed E-state index contributed by atoms with van der Waals surface area (Å²) >= 11 is 1.74. The van der Waals surface area contributed by atoms with Crippen molar-refractivity contribution in [3.05, 3.63) is 22.4 Å². The SMILES string of the molecule is CCN(CCc1cccs1)C(=O)C(N)C1CCOCC1.Cl. The second kappa shape index (κ2) is 9.41. The van der Waals surface area contributed by atoms with Crippen molar-refractivity contribution in [1.29, 1.82) is 0 Å². The molecule has 0 aromatic carbocycles. The van der Waals surface area contributed by atoms with Gasteiger partial charge < -0.3 is 15.4 Å². The number of hydrogen-bond acceptors (Lipinski definition) is 4. The molecule has 0 saturated carbocycles. The van der Waals surface area contributed by atoms with Gasteiger partial charge in [-0.15, -0.1) is 23.7 Å². The molecular weight excluding hydrogens is 308 g/mol. The number of amides is 1. The first kappa shape index (κ1) is 18.4. The Labute approximate surface area is 137 Å². The highest BCUT2D eigenvalue weighted by Crippen LogP contribution is 2.19. The number of nitrogens with two attached hydrogens (primary N) is 1. The lowest BCUT2D eigenvalue weighted by Gasteiger charge is -2.31. The molecule has 1 aliphatic rings. The molecule has 0 radical (unpaired) electrons. The molecule has 1 saturated heterocycles. The van der Waals surface area contributed by atoms with Crippen LogP contribution in [-0.4, -0.2) is 43.2 Å². The molecule has 2 N–H and O–H groups in total. The first-order valence-electron chi connectivity index (χ1n) is 7.37. The van der Waals surface area contributed by atoms with Crippen molar-refractivity contribution in [3.8, 4) is 0 Å². The van der Waals surface area contributed by atoms with E-state index in [2.05, 4.69) is 11.4 Å². The average Bonchev–Trinajstić information content (AvgIpc) is 3.01. The fourth-order valence-electron chi connectivity index (χ4n) is 2.61. The van der Waals surface area contributed by atoms with Gasteiger partial charge in [0.15, 0.2) is 0 Å². The van der Waals surface area contributed by atoms with Gasteiger partial charge in [0.2, 0.25) is 5.91 Å². The number of thiophene rings is 1. The number of carbonyl (C=O) groups is 1. The molecule has 1 aromatic heterocycles. The lowest BCUT2D eigenvalue weighted by molar-refractivity contribution is -0.134. The lowest BCUT2D eigenvalue weighted by atomic mass is 9.91. The molecule has 0 bridgehead atoms. The van der Waals surface area contributed by atoms with Gasteiger partial charge in [0.05, 0.1) is 6.04 Å². The summed E-state index contributed by atoms with van der Waals surface area (Å²) in [5, 5.41) is 2.07. The molecule has 1 atom stereocenters. The van der Waals surface area contributed by atoms with Crippen molar-refractivity contribution in [2.75, 3.05) is 26.3 Å².